The standard InChI is InChI=1S/C12H16ClNO3/c1-7(2)10(6-15)14-9-5-3-4-8(13)11(9)12(16)17/h3-5,7,10,14-15H,6H2,1-2H3,(H,16,17). The van der Waals surface area contributed by atoms with Gasteiger partial charge in [0.2, 0.25) is 0 Å². The molecule has 0 spiro atoms. The third-order valence-corrected chi connectivity index (χ3v) is 2.88. The number of rotatable bonds is 5. The fourth-order valence-electron chi connectivity index (χ4n) is 1.48. The smallest absolute Gasteiger partial charge is 0.339 e. The summed E-state index contributed by atoms with van der Waals surface area (Å²) in [4.78, 5) is 11.1. The van der Waals surface area contributed by atoms with Crippen LogP contribution in [0.1, 0.15) is 24.2 Å². The monoisotopic (exact) mass is 257 g/mol. The second kappa shape index (κ2) is 5.89. The Morgan fingerprint density at radius 2 is 2.12 bits per heavy atom. The Hall–Kier alpha value is -1.26. The molecule has 3 N–H and O–H groups in total. The molecule has 0 fully saturated rings. The summed E-state index contributed by atoms with van der Waals surface area (Å²) < 4.78 is 0. The van der Waals surface area contributed by atoms with E-state index in [0.717, 1.165) is 0 Å². The molecular weight excluding hydrogens is 242 g/mol. The fourth-order valence-corrected chi connectivity index (χ4v) is 1.74. The maximum atomic E-state index is 11.1. The zero-order chi connectivity index (χ0) is 13.0. The predicted molar refractivity (Wildman–Crippen MR) is 67.7 cm³/mol. The minimum Gasteiger partial charge on any atom is -0.478 e. The highest BCUT2D eigenvalue weighted by atomic mass is 35.5. The van der Waals surface area contributed by atoms with Gasteiger partial charge in [0.05, 0.1) is 23.4 Å². The summed E-state index contributed by atoms with van der Waals surface area (Å²) in [5, 5.41) is 21.5. The normalized spacial score (nSPS) is 12.5. The number of hydrogen-bond donors (Lipinski definition) is 3. The van der Waals surface area contributed by atoms with Gasteiger partial charge in [0, 0.05) is 0 Å². The summed E-state index contributed by atoms with van der Waals surface area (Å²) in [6.45, 7) is 3.82. The summed E-state index contributed by atoms with van der Waals surface area (Å²) in [6, 6.07) is 4.64. The second-order valence-electron chi connectivity index (χ2n) is 4.14. The number of aliphatic hydroxyl groups excluding tert-OH is 1. The molecule has 1 unspecified atom stereocenters. The van der Waals surface area contributed by atoms with Crippen molar-refractivity contribution in [1.29, 1.82) is 0 Å². The molecule has 0 radical (unpaired) electrons. The highest BCUT2D eigenvalue weighted by molar-refractivity contribution is 6.34. The van der Waals surface area contributed by atoms with Crippen molar-refractivity contribution >= 4 is 23.3 Å². The van der Waals surface area contributed by atoms with Gasteiger partial charge >= 0.3 is 5.97 Å². The van der Waals surface area contributed by atoms with Crippen LogP contribution in [0.25, 0.3) is 0 Å². The van der Waals surface area contributed by atoms with Gasteiger partial charge in [-0.25, -0.2) is 4.79 Å². The van der Waals surface area contributed by atoms with Crippen LogP contribution in [-0.4, -0.2) is 28.8 Å². The number of carboxylic acids is 1. The van der Waals surface area contributed by atoms with Crippen LogP contribution in [0.4, 0.5) is 5.69 Å². The first kappa shape index (κ1) is 13.8. The van der Waals surface area contributed by atoms with Crippen LogP contribution in [0.5, 0.6) is 0 Å². The molecule has 0 saturated carbocycles. The highest BCUT2D eigenvalue weighted by Crippen LogP contribution is 2.25. The topological polar surface area (TPSA) is 69.6 Å². The molecule has 1 rings (SSSR count). The molecule has 1 aromatic rings. The number of carboxylic acid groups (broad SMARTS) is 1. The van der Waals surface area contributed by atoms with E-state index in [1.165, 1.54) is 6.07 Å². The zero-order valence-corrected chi connectivity index (χ0v) is 10.5. The molecule has 0 heterocycles. The first-order valence-corrected chi connectivity index (χ1v) is 5.74. The van der Waals surface area contributed by atoms with Crippen LogP contribution in [0.2, 0.25) is 5.02 Å². The number of anilines is 1. The predicted octanol–water partition coefficient (Wildman–Crippen LogP) is 2.47. The van der Waals surface area contributed by atoms with Gasteiger partial charge in [0.25, 0.3) is 0 Å². The molecule has 94 valence electrons. The Morgan fingerprint density at radius 3 is 2.59 bits per heavy atom. The lowest BCUT2D eigenvalue weighted by Gasteiger charge is -2.22. The van der Waals surface area contributed by atoms with Crippen molar-refractivity contribution in [2.45, 2.75) is 19.9 Å². The molecule has 17 heavy (non-hydrogen) atoms. The van der Waals surface area contributed by atoms with Crippen LogP contribution in [0.3, 0.4) is 0 Å². The third-order valence-electron chi connectivity index (χ3n) is 2.57. The second-order valence-corrected chi connectivity index (χ2v) is 4.55. The van der Waals surface area contributed by atoms with Crippen molar-refractivity contribution < 1.29 is 15.0 Å². The van der Waals surface area contributed by atoms with E-state index in [9.17, 15) is 9.90 Å². The van der Waals surface area contributed by atoms with Crippen molar-refractivity contribution in [1.82, 2.24) is 0 Å². The number of nitrogens with one attached hydrogen (secondary N) is 1. The van der Waals surface area contributed by atoms with Crippen LogP contribution < -0.4 is 5.32 Å². The Bertz CT molecular complexity index is 407. The van der Waals surface area contributed by atoms with E-state index in [2.05, 4.69) is 5.32 Å². The highest BCUT2D eigenvalue weighted by Gasteiger charge is 2.18. The van der Waals surface area contributed by atoms with Crippen molar-refractivity contribution in [3.8, 4) is 0 Å². The Kier molecular flexibility index (Phi) is 4.78. The number of aromatic carboxylic acids is 1. The molecule has 1 atom stereocenters. The lowest BCUT2D eigenvalue weighted by Crippen LogP contribution is -2.30. The third kappa shape index (κ3) is 3.35. The SMILES string of the molecule is CC(C)C(CO)Nc1cccc(Cl)c1C(=O)O. The Labute approximate surface area is 105 Å². The first-order chi connectivity index (χ1) is 7.97. The van der Waals surface area contributed by atoms with Crippen molar-refractivity contribution in [2.24, 2.45) is 5.92 Å². The van der Waals surface area contributed by atoms with Gasteiger partial charge in [-0.15, -0.1) is 0 Å². The maximum Gasteiger partial charge on any atom is 0.339 e. The van der Waals surface area contributed by atoms with Crippen LogP contribution in [0.15, 0.2) is 18.2 Å². The summed E-state index contributed by atoms with van der Waals surface area (Å²) in [5.74, 6) is -0.904. The first-order valence-electron chi connectivity index (χ1n) is 5.36. The Morgan fingerprint density at radius 1 is 1.47 bits per heavy atom. The van der Waals surface area contributed by atoms with Gasteiger partial charge in [-0.2, -0.15) is 0 Å². The van der Waals surface area contributed by atoms with Gasteiger partial charge in [-0.05, 0) is 18.1 Å². The summed E-state index contributed by atoms with van der Waals surface area (Å²) in [5.41, 5.74) is 0.464. The Balaban J connectivity index is 3.05. The average Bonchev–Trinajstić information content (AvgIpc) is 2.24. The van der Waals surface area contributed by atoms with Crippen molar-refractivity contribution in [3.05, 3.63) is 28.8 Å². The van der Waals surface area contributed by atoms with Crippen LogP contribution >= 0.6 is 11.6 Å². The lowest BCUT2D eigenvalue weighted by atomic mass is 10.0. The number of halogens is 1. The van der Waals surface area contributed by atoms with E-state index < -0.39 is 5.97 Å². The summed E-state index contributed by atoms with van der Waals surface area (Å²) in [7, 11) is 0. The molecule has 1 aromatic carbocycles. The maximum absolute atomic E-state index is 11.1. The lowest BCUT2D eigenvalue weighted by molar-refractivity contribution is 0.0698. The molecule has 0 aliphatic heterocycles. The molecule has 0 aliphatic rings. The minimum absolute atomic E-state index is 0.0354. The molecule has 0 amide bonds. The van der Waals surface area contributed by atoms with E-state index in [4.69, 9.17) is 16.7 Å². The quantitative estimate of drug-likeness (QED) is 0.758. The van der Waals surface area contributed by atoms with E-state index in [-0.39, 0.29) is 29.2 Å². The molecule has 5 heteroatoms. The summed E-state index contributed by atoms with van der Waals surface area (Å²) in [6.07, 6.45) is 0. The van der Waals surface area contributed by atoms with Crippen LogP contribution in [-0.2, 0) is 0 Å². The van der Waals surface area contributed by atoms with Crippen molar-refractivity contribution in [3.63, 3.8) is 0 Å². The van der Waals surface area contributed by atoms with Gasteiger partial charge in [-0.3, -0.25) is 0 Å². The molecule has 0 aliphatic carbocycles. The number of aliphatic hydroxyl groups is 1. The molecular formula is C12H16ClNO3. The van der Waals surface area contributed by atoms with Crippen molar-refractivity contribution in [2.75, 3.05) is 11.9 Å². The van der Waals surface area contributed by atoms with Gasteiger partial charge in [0.1, 0.15) is 5.56 Å². The minimum atomic E-state index is -1.08. The number of benzene rings is 1. The number of carbonyl (C=O) groups is 1. The van der Waals surface area contributed by atoms with E-state index >= 15 is 0 Å². The number of hydrogen-bond acceptors (Lipinski definition) is 3. The average molecular weight is 258 g/mol. The van der Waals surface area contributed by atoms with Gasteiger partial charge in [-0.1, -0.05) is 31.5 Å². The van der Waals surface area contributed by atoms with E-state index in [0.29, 0.717) is 5.69 Å². The van der Waals surface area contributed by atoms with Crippen LogP contribution in [0, 0.1) is 5.92 Å². The molecule has 0 saturated heterocycles. The molecule has 0 bridgehead atoms. The van der Waals surface area contributed by atoms with Gasteiger partial charge < -0.3 is 15.5 Å². The molecule has 4 nitrogen and oxygen atoms in total. The fraction of sp³-hybridized carbons (Fsp3) is 0.417. The van der Waals surface area contributed by atoms with E-state index in [1.54, 1.807) is 12.1 Å². The zero-order valence-electron chi connectivity index (χ0n) is 9.77. The molecule has 0 aromatic heterocycles. The van der Waals surface area contributed by atoms with Gasteiger partial charge in [0.15, 0.2) is 0 Å². The largest absolute Gasteiger partial charge is 0.478 e. The summed E-state index contributed by atoms with van der Waals surface area (Å²) >= 11 is 5.85. The van der Waals surface area contributed by atoms with E-state index in [1.807, 2.05) is 13.8 Å².